The normalized spacial score (nSPS) is 13.3. The van der Waals surface area contributed by atoms with Gasteiger partial charge in [-0.05, 0) is 31.6 Å². The molecule has 0 N–H and O–H groups in total. The minimum absolute atomic E-state index is 0.575. The highest BCUT2D eigenvalue weighted by Gasteiger charge is 2.08. The molecule has 1 aromatic carbocycles. The molecule has 0 aliphatic heterocycles. The SMILES string of the molecule is CC(CN(C)C)c1ccccc1Br. The largest absolute Gasteiger partial charge is 0.309 e. The van der Waals surface area contributed by atoms with E-state index in [2.05, 4.69) is 66.1 Å². The van der Waals surface area contributed by atoms with Gasteiger partial charge in [0.05, 0.1) is 0 Å². The Balaban J connectivity index is 2.76. The van der Waals surface area contributed by atoms with Gasteiger partial charge in [-0.1, -0.05) is 41.1 Å². The van der Waals surface area contributed by atoms with E-state index in [1.807, 2.05) is 0 Å². The van der Waals surface area contributed by atoms with Crippen LogP contribution in [-0.4, -0.2) is 25.5 Å². The topological polar surface area (TPSA) is 3.24 Å². The molecule has 0 fully saturated rings. The summed E-state index contributed by atoms with van der Waals surface area (Å²) < 4.78 is 1.21. The van der Waals surface area contributed by atoms with Crippen LogP contribution in [0.25, 0.3) is 0 Å². The Labute approximate surface area is 88.9 Å². The molecule has 0 aliphatic rings. The van der Waals surface area contributed by atoms with Crippen LogP contribution in [0.2, 0.25) is 0 Å². The minimum Gasteiger partial charge on any atom is -0.309 e. The lowest BCUT2D eigenvalue weighted by atomic mass is 10.0. The summed E-state index contributed by atoms with van der Waals surface area (Å²) >= 11 is 3.57. The molecule has 72 valence electrons. The molecule has 0 saturated heterocycles. The molecule has 0 aliphatic carbocycles. The van der Waals surface area contributed by atoms with Gasteiger partial charge in [0, 0.05) is 11.0 Å². The van der Waals surface area contributed by atoms with Crippen molar-refractivity contribution in [1.82, 2.24) is 4.90 Å². The molecule has 0 spiro atoms. The zero-order valence-electron chi connectivity index (χ0n) is 8.42. The first-order valence-corrected chi connectivity index (χ1v) is 5.29. The second-order valence-corrected chi connectivity index (χ2v) is 4.54. The van der Waals surface area contributed by atoms with Gasteiger partial charge < -0.3 is 4.90 Å². The zero-order chi connectivity index (χ0) is 9.84. The van der Waals surface area contributed by atoms with Gasteiger partial charge in [-0.15, -0.1) is 0 Å². The van der Waals surface area contributed by atoms with E-state index in [1.165, 1.54) is 10.0 Å². The molecule has 13 heavy (non-hydrogen) atoms. The number of hydrogen-bond acceptors (Lipinski definition) is 1. The molecule has 1 nitrogen and oxygen atoms in total. The third kappa shape index (κ3) is 3.12. The number of halogens is 1. The summed E-state index contributed by atoms with van der Waals surface area (Å²) in [4.78, 5) is 2.21. The first-order chi connectivity index (χ1) is 6.11. The third-order valence-electron chi connectivity index (χ3n) is 2.08. The summed E-state index contributed by atoms with van der Waals surface area (Å²) in [6, 6.07) is 8.42. The summed E-state index contributed by atoms with van der Waals surface area (Å²) in [5.74, 6) is 0.575. The van der Waals surface area contributed by atoms with Crippen molar-refractivity contribution < 1.29 is 0 Å². The summed E-state index contributed by atoms with van der Waals surface area (Å²) in [5.41, 5.74) is 1.39. The van der Waals surface area contributed by atoms with Crippen molar-refractivity contribution in [2.45, 2.75) is 12.8 Å². The molecule has 0 aromatic heterocycles. The molecule has 1 unspecified atom stereocenters. The van der Waals surface area contributed by atoms with Crippen LogP contribution in [0.15, 0.2) is 28.7 Å². The smallest absolute Gasteiger partial charge is 0.0210 e. The highest BCUT2D eigenvalue weighted by molar-refractivity contribution is 9.10. The van der Waals surface area contributed by atoms with Crippen LogP contribution < -0.4 is 0 Å². The lowest BCUT2D eigenvalue weighted by molar-refractivity contribution is 0.382. The van der Waals surface area contributed by atoms with E-state index in [4.69, 9.17) is 0 Å². The van der Waals surface area contributed by atoms with Crippen LogP contribution in [-0.2, 0) is 0 Å². The summed E-state index contributed by atoms with van der Waals surface area (Å²) in [6.07, 6.45) is 0. The van der Waals surface area contributed by atoms with E-state index >= 15 is 0 Å². The van der Waals surface area contributed by atoms with Crippen molar-refractivity contribution in [3.8, 4) is 0 Å². The first-order valence-electron chi connectivity index (χ1n) is 4.50. The summed E-state index contributed by atoms with van der Waals surface area (Å²) in [7, 11) is 4.21. The molecule has 0 saturated carbocycles. The zero-order valence-corrected chi connectivity index (χ0v) is 10.0. The quantitative estimate of drug-likeness (QED) is 0.787. The van der Waals surface area contributed by atoms with Crippen molar-refractivity contribution in [2.75, 3.05) is 20.6 Å². The molecular weight excluding hydrogens is 226 g/mol. The van der Waals surface area contributed by atoms with E-state index < -0.39 is 0 Å². The Hall–Kier alpha value is -0.340. The van der Waals surface area contributed by atoms with Crippen molar-refractivity contribution in [3.63, 3.8) is 0 Å². The number of benzene rings is 1. The fourth-order valence-corrected chi connectivity index (χ4v) is 2.20. The van der Waals surface area contributed by atoms with E-state index in [0.717, 1.165) is 6.54 Å². The van der Waals surface area contributed by atoms with Crippen molar-refractivity contribution in [3.05, 3.63) is 34.3 Å². The van der Waals surface area contributed by atoms with Gasteiger partial charge >= 0.3 is 0 Å². The van der Waals surface area contributed by atoms with Gasteiger partial charge in [0.2, 0.25) is 0 Å². The monoisotopic (exact) mass is 241 g/mol. The maximum Gasteiger partial charge on any atom is 0.0210 e. The minimum atomic E-state index is 0.575. The standard InChI is InChI=1S/C11H16BrN/c1-9(8-13(2)3)10-6-4-5-7-11(10)12/h4-7,9H,8H2,1-3H3. The molecule has 0 radical (unpaired) electrons. The van der Waals surface area contributed by atoms with Crippen molar-refractivity contribution in [2.24, 2.45) is 0 Å². The van der Waals surface area contributed by atoms with Gasteiger partial charge in [-0.25, -0.2) is 0 Å². The summed E-state index contributed by atoms with van der Waals surface area (Å²) in [6.45, 7) is 3.34. The molecular formula is C11H16BrN. The molecule has 1 aromatic rings. The molecule has 1 rings (SSSR count). The Bertz CT molecular complexity index is 271. The predicted molar refractivity (Wildman–Crippen MR) is 61.1 cm³/mol. The highest BCUT2D eigenvalue weighted by Crippen LogP contribution is 2.24. The van der Waals surface area contributed by atoms with Crippen molar-refractivity contribution >= 4 is 15.9 Å². The molecule has 2 heteroatoms. The second kappa shape index (κ2) is 4.77. The van der Waals surface area contributed by atoms with E-state index in [1.54, 1.807) is 0 Å². The molecule has 1 atom stereocenters. The Morgan fingerprint density at radius 1 is 1.31 bits per heavy atom. The number of hydrogen-bond donors (Lipinski definition) is 0. The van der Waals surface area contributed by atoms with Gasteiger partial charge in [-0.2, -0.15) is 0 Å². The van der Waals surface area contributed by atoms with Crippen LogP contribution in [0.3, 0.4) is 0 Å². The maximum absolute atomic E-state index is 3.57. The lowest BCUT2D eigenvalue weighted by Crippen LogP contribution is -2.18. The third-order valence-corrected chi connectivity index (χ3v) is 2.80. The highest BCUT2D eigenvalue weighted by atomic mass is 79.9. The van der Waals surface area contributed by atoms with Crippen LogP contribution in [0.5, 0.6) is 0 Å². The predicted octanol–water partition coefficient (Wildman–Crippen LogP) is 3.11. The fourth-order valence-electron chi connectivity index (χ4n) is 1.52. The van der Waals surface area contributed by atoms with Gasteiger partial charge in [0.25, 0.3) is 0 Å². The van der Waals surface area contributed by atoms with E-state index in [9.17, 15) is 0 Å². The molecule has 0 bridgehead atoms. The second-order valence-electron chi connectivity index (χ2n) is 3.68. The van der Waals surface area contributed by atoms with E-state index in [-0.39, 0.29) is 0 Å². The molecule has 0 heterocycles. The average molecular weight is 242 g/mol. The van der Waals surface area contributed by atoms with Crippen LogP contribution >= 0.6 is 15.9 Å². The van der Waals surface area contributed by atoms with Crippen LogP contribution in [0, 0.1) is 0 Å². The van der Waals surface area contributed by atoms with Crippen molar-refractivity contribution in [1.29, 1.82) is 0 Å². The lowest BCUT2D eigenvalue weighted by Gasteiger charge is -2.18. The number of likely N-dealkylation sites (N-methyl/N-ethyl adjacent to an activating group) is 1. The Morgan fingerprint density at radius 2 is 1.92 bits per heavy atom. The summed E-state index contributed by atoms with van der Waals surface area (Å²) in [5, 5.41) is 0. The van der Waals surface area contributed by atoms with Crippen LogP contribution in [0.4, 0.5) is 0 Å². The van der Waals surface area contributed by atoms with Gasteiger partial charge in [0.1, 0.15) is 0 Å². The van der Waals surface area contributed by atoms with Crippen LogP contribution in [0.1, 0.15) is 18.4 Å². The Kier molecular flexibility index (Phi) is 3.94. The van der Waals surface area contributed by atoms with Gasteiger partial charge in [0.15, 0.2) is 0 Å². The fraction of sp³-hybridized carbons (Fsp3) is 0.455. The maximum atomic E-state index is 3.57. The first kappa shape index (κ1) is 10.7. The molecule has 0 amide bonds. The Morgan fingerprint density at radius 3 is 2.46 bits per heavy atom. The van der Waals surface area contributed by atoms with E-state index in [0.29, 0.717) is 5.92 Å². The number of nitrogens with zero attached hydrogens (tertiary/aromatic N) is 1. The van der Waals surface area contributed by atoms with Gasteiger partial charge in [-0.3, -0.25) is 0 Å². The average Bonchev–Trinajstić information content (AvgIpc) is 2.03. The number of rotatable bonds is 3.